The van der Waals surface area contributed by atoms with Crippen molar-refractivity contribution in [3.05, 3.63) is 23.8 Å². The van der Waals surface area contributed by atoms with Crippen LogP contribution < -0.4 is 15.5 Å². The quantitative estimate of drug-likeness (QED) is 0.615. The highest BCUT2D eigenvalue weighted by molar-refractivity contribution is 7.80. The van der Waals surface area contributed by atoms with E-state index in [0.717, 1.165) is 18.8 Å². The van der Waals surface area contributed by atoms with Gasteiger partial charge >= 0.3 is 5.97 Å². The van der Waals surface area contributed by atoms with Crippen LogP contribution in [0.5, 0.6) is 0 Å². The van der Waals surface area contributed by atoms with Gasteiger partial charge in [0.1, 0.15) is 0 Å². The Balaban J connectivity index is 2.25. The molecule has 0 spiro atoms. The second kappa shape index (κ2) is 8.46. The fourth-order valence-electron chi connectivity index (χ4n) is 2.41. The topological polar surface area (TPSA) is 79.9 Å². The van der Waals surface area contributed by atoms with Crippen molar-refractivity contribution in [3.8, 4) is 0 Å². The number of ether oxygens (including phenoxy) is 2. The van der Waals surface area contributed by atoms with Crippen molar-refractivity contribution in [2.75, 3.05) is 43.6 Å². The second-order valence-electron chi connectivity index (χ2n) is 6.98. The lowest BCUT2D eigenvalue weighted by molar-refractivity contribution is -0.126. The Morgan fingerprint density at radius 1 is 1.23 bits per heavy atom. The predicted molar refractivity (Wildman–Crippen MR) is 105 cm³/mol. The summed E-state index contributed by atoms with van der Waals surface area (Å²) in [5.74, 6) is -0.627. The molecule has 1 amide bonds. The van der Waals surface area contributed by atoms with E-state index in [1.54, 1.807) is 12.1 Å². The molecule has 8 heteroatoms. The van der Waals surface area contributed by atoms with E-state index < -0.39 is 11.4 Å². The number of benzene rings is 1. The van der Waals surface area contributed by atoms with Crippen molar-refractivity contribution in [2.24, 2.45) is 5.41 Å². The molecule has 0 radical (unpaired) electrons. The van der Waals surface area contributed by atoms with E-state index in [1.807, 2.05) is 26.8 Å². The van der Waals surface area contributed by atoms with E-state index in [2.05, 4.69) is 15.5 Å². The minimum Gasteiger partial charge on any atom is -0.465 e. The largest absolute Gasteiger partial charge is 0.465 e. The van der Waals surface area contributed by atoms with E-state index in [1.165, 1.54) is 7.11 Å². The molecule has 142 valence electrons. The molecule has 2 N–H and O–H groups in total. The van der Waals surface area contributed by atoms with Crippen LogP contribution in [0, 0.1) is 5.41 Å². The maximum absolute atomic E-state index is 12.1. The summed E-state index contributed by atoms with van der Waals surface area (Å²) < 4.78 is 10.2. The molecule has 1 aromatic carbocycles. The average molecular weight is 379 g/mol. The second-order valence-corrected chi connectivity index (χ2v) is 7.39. The molecule has 1 heterocycles. The van der Waals surface area contributed by atoms with Gasteiger partial charge in [0.2, 0.25) is 5.91 Å². The first-order valence-corrected chi connectivity index (χ1v) is 8.80. The summed E-state index contributed by atoms with van der Waals surface area (Å²) in [7, 11) is 1.33. The maximum Gasteiger partial charge on any atom is 0.337 e. The van der Waals surface area contributed by atoms with E-state index in [-0.39, 0.29) is 11.0 Å². The van der Waals surface area contributed by atoms with E-state index in [0.29, 0.717) is 24.5 Å². The van der Waals surface area contributed by atoms with Crippen LogP contribution in [0.2, 0.25) is 0 Å². The molecular weight excluding hydrogens is 354 g/mol. The molecule has 1 aliphatic heterocycles. The van der Waals surface area contributed by atoms with Crippen molar-refractivity contribution in [1.82, 2.24) is 5.32 Å². The Kier molecular flexibility index (Phi) is 6.55. The lowest BCUT2D eigenvalue weighted by Crippen LogP contribution is -2.42. The monoisotopic (exact) mass is 379 g/mol. The smallest absolute Gasteiger partial charge is 0.337 e. The zero-order chi connectivity index (χ0) is 19.3. The zero-order valence-electron chi connectivity index (χ0n) is 15.5. The standard InChI is InChI=1S/C18H25N3O4S/c1-18(2,3)16(23)20-17(26)19-13-11-12(15(22)24-4)5-6-14(13)21-7-9-25-10-8-21/h5-6,11H,7-10H2,1-4H3,(H2,19,20,23,26). The van der Waals surface area contributed by atoms with E-state index in [4.69, 9.17) is 21.7 Å². The Morgan fingerprint density at radius 2 is 1.88 bits per heavy atom. The SMILES string of the molecule is COC(=O)c1ccc(N2CCOCC2)c(NC(=S)NC(=O)C(C)(C)C)c1. The van der Waals surface area contributed by atoms with Crippen LogP contribution in [0.25, 0.3) is 0 Å². The summed E-state index contributed by atoms with van der Waals surface area (Å²) in [5, 5.41) is 5.90. The van der Waals surface area contributed by atoms with Gasteiger partial charge in [-0.2, -0.15) is 0 Å². The number of carbonyl (C=O) groups is 2. The number of nitrogens with one attached hydrogen (secondary N) is 2. The number of amides is 1. The third-order valence-corrected chi connectivity index (χ3v) is 4.13. The molecule has 26 heavy (non-hydrogen) atoms. The highest BCUT2D eigenvalue weighted by Gasteiger charge is 2.23. The van der Waals surface area contributed by atoms with Crippen LogP contribution in [-0.2, 0) is 14.3 Å². The van der Waals surface area contributed by atoms with Gasteiger partial charge in [0.25, 0.3) is 0 Å². The fourth-order valence-corrected chi connectivity index (χ4v) is 2.61. The summed E-state index contributed by atoms with van der Waals surface area (Å²) in [6, 6.07) is 5.22. The third kappa shape index (κ3) is 5.15. The summed E-state index contributed by atoms with van der Waals surface area (Å²) >= 11 is 5.28. The Hall–Kier alpha value is -2.19. The maximum atomic E-state index is 12.1. The minimum atomic E-state index is -0.563. The van der Waals surface area contributed by atoms with Crippen LogP contribution in [0.3, 0.4) is 0 Å². The van der Waals surface area contributed by atoms with Crippen molar-refractivity contribution in [1.29, 1.82) is 0 Å². The summed E-state index contributed by atoms with van der Waals surface area (Å²) in [6.07, 6.45) is 0. The first-order valence-electron chi connectivity index (χ1n) is 8.40. The zero-order valence-corrected chi connectivity index (χ0v) is 16.4. The van der Waals surface area contributed by atoms with Gasteiger partial charge in [-0.3, -0.25) is 4.79 Å². The van der Waals surface area contributed by atoms with Crippen LogP contribution in [0.4, 0.5) is 11.4 Å². The van der Waals surface area contributed by atoms with Gasteiger partial charge in [0, 0.05) is 18.5 Å². The van der Waals surface area contributed by atoms with Crippen LogP contribution in [-0.4, -0.2) is 50.4 Å². The lowest BCUT2D eigenvalue weighted by atomic mass is 9.96. The van der Waals surface area contributed by atoms with Crippen LogP contribution in [0.1, 0.15) is 31.1 Å². The van der Waals surface area contributed by atoms with Crippen LogP contribution in [0.15, 0.2) is 18.2 Å². The van der Waals surface area contributed by atoms with Crippen molar-refractivity contribution < 1.29 is 19.1 Å². The number of anilines is 2. The molecule has 0 aliphatic carbocycles. The molecule has 2 rings (SSSR count). The van der Waals surface area contributed by atoms with Crippen LogP contribution >= 0.6 is 12.2 Å². The van der Waals surface area contributed by atoms with E-state index in [9.17, 15) is 9.59 Å². The molecule has 0 bridgehead atoms. The minimum absolute atomic E-state index is 0.182. The average Bonchev–Trinajstić information content (AvgIpc) is 2.60. The fraction of sp³-hybridized carbons (Fsp3) is 0.500. The number of rotatable bonds is 3. The van der Waals surface area contributed by atoms with Gasteiger partial charge in [-0.25, -0.2) is 4.79 Å². The van der Waals surface area contributed by atoms with Gasteiger partial charge in [0.15, 0.2) is 5.11 Å². The Morgan fingerprint density at radius 3 is 2.46 bits per heavy atom. The van der Waals surface area contributed by atoms with Gasteiger partial charge in [-0.05, 0) is 30.4 Å². The van der Waals surface area contributed by atoms with Crippen molar-refractivity contribution in [3.63, 3.8) is 0 Å². The highest BCUT2D eigenvalue weighted by Crippen LogP contribution is 2.28. The first-order chi connectivity index (χ1) is 12.2. The Bertz CT molecular complexity index is 694. The number of morpholine rings is 1. The lowest BCUT2D eigenvalue weighted by Gasteiger charge is -2.31. The van der Waals surface area contributed by atoms with Gasteiger partial charge in [-0.15, -0.1) is 0 Å². The van der Waals surface area contributed by atoms with Crippen molar-refractivity contribution >= 4 is 40.6 Å². The Labute approximate surface area is 159 Å². The molecule has 0 aromatic heterocycles. The van der Waals surface area contributed by atoms with Gasteiger partial charge < -0.3 is 25.0 Å². The molecule has 1 aromatic rings. The molecule has 0 saturated carbocycles. The number of methoxy groups -OCH3 is 1. The number of hydrogen-bond acceptors (Lipinski definition) is 6. The predicted octanol–water partition coefficient (Wildman–Crippen LogP) is 2.17. The molecular formula is C18H25N3O4S. The molecule has 1 aliphatic rings. The summed E-state index contributed by atoms with van der Waals surface area (Å²) in [5.41, 5.74) is 1.35. The van der Waals surface area contributed by atoms with Gasteiger partial charge in [0.05, 0.1) is 37.3 Å². The van der Waals surface area contributed by atoms with E-state index >= 15 is 0 Å². The first kappa shape index (κ1) is 20.1. The molecule has 0 unspecified atom stereocenters. The van der Waals surface area contributed by atoms with Gasteiger partial charge in [-0.1, -0.05) is 20.8 Å². The number of nitrogens with zero attached hydrogens (tertiary/aromatic N) is 1. The number of esters is 1. The number of hydrogen-bond donors (Lipinski definition) is 2. The summed E-state index contributed by atoms with van der Waals surface area (Å²) in [4.78, 5) is 26.1. The number of thiocarbonyl (C=S) groups is 1. The number of carbonyl (C=O) groups excluding carboxylic acids is 2. The normalized spacial score (nSPS) is 14.5. The highest BCUT2D eigenvalue weighted by atomic mass is 32.1. The molecule has 0 atom stereocenters. The summed E-state index contributed by atoms with van der Waals surface area (Å²) in [6.45, 7) is 8.14. The molecule has 7 nitrogen and oxygen atoms in total. The molecule has 1 fully saturated rings. The third-order valence-electron chi connectivity index (χ3n) is 3.93. The van der Waals surface area contributed by atoms with Crippen molar-refractivity contribution in [2.45, 2.75) is 20.8 Å². The molecule has 1 saturated heterocycles.